The Kier molecular flexibility index (Phi) is 7.04. The van der Waals surface area contributed by atoms with E-state index in [0.717, 1.165) is 9.13 Å². The maximum absolute atomic E-state index is 12.0. The number of carbonyl (C=O) groups excluding carboxylic acids is 1. The number of nitrogens with zero attached hydrogens (tertiary/aromatic N) is 1. The SMILES string of the molecule is Cc1cc(I)ccc1NC(=O)/C(C#N)=C\NCCCO. The molecule has 0 aliphatic heterocycles. The minimum absolute atomic E-state index is 0.000824. The Hall–Kier alpha value is -1.59. The molecule has 0 aromatic heterocycles. The third-order valence-corrected chi connectivity index (χ3v) is 3.20. The van der Waals surface area contributed by atoms with Gasteiger partial charge in [-0.05, 0) is 59.7 Å². The third kappa shape index (κ3) is 5.19. The van der Waals surface area contributed by atoms with Gasteiger partial charge in [0, 0.05) is 28.6 Å². The fourth-order valence-electron chi connectivity index (χ4n) is 1.46. The highest BCUT2D eigenvalue weighted by molar-refractivity contribution is 14.1. The molecular formula is C14H16IN3O2. The van der Waals surface area contributed by atoms with Gasteiger partial charge >= 0.3 is 0 Å². The molecule has 6 heteroatoms. The van der Waals surface area contributed by atoms with Crippen LogP contribution in [0.3, 0.4) is 0 Å². The van der Waals surface area contributed by atoms with E-state index < -0.39 is 5.91 Å². The van der Waals surface area contributed by atoms with Gasteiger partial charge in [0.1, 0.15) is 11.6 Å². The summed E-state index contributed by atoms with van der Waals surface area (Å²) in [6.45, 7) is 2.47. The second-order valence-electron chi connectivity index (χ2n) is 4.11. The number of hydrogen-bond acceptors (Lipinski definition) is 4. The van der Waals surface area contributed by atoms with Crippen LogP contribution in [-0.4, -0.2) is 24.2 Å². The van der Waals surface area contributed by atoms with Gasteiger partial charge in [-0.15, -0.1) is 0 Å². The number of halogens is 1. The predicted octanol–water partition coefficient (Wildman–Crippen LogP) is 1.92. The zero-order valence-electron chi connectivity index (χ0n) is 11.1. The van der Waals surface area contributed by atoms with Gasteiger partial charge in [0.2, 0.25) is 0 Å². The number of rotatable bonds is 6. The number of aryl methyl sites for hydroxylation is 1. The van der Waals surface area contributed by atoms with Crippen molar-refractivity contribution in [3.05, 3.63) is 39.1 Å². The molecule has 0 saturated carbocycles. The summed E-state index contributed by atoms with van der Waals surface area (Å²) in [6.07, 6.45) is 1.93. The summed E-state index contributed by atoms with van der Waals surface area (Å²) in [4.78, 5) is 12.0. The normalized spacial score (nSPS) is 10.8. The van der Waals surface area contributed by atoms with Crippen LogP contribution in [0.5, 0.6) is 0 Å². The molecule has 5 nitrogen and oxygen atoms in total. The lowest BCUT2D eigenvalue weighted by Crippen LogP contribution is -2.18. The van der Waals surface area contributed by atoms with Crippen LogP contribution in [0.2, 0.25) is 0 Å². The quantitative estimate of drug-likeness (QED) is 0.302. The number of hydrogen-bond donors (Lipinski definition) is 3. The van der Waals surface area contributed by atoms with Crippen molar-refractivity contribution in [2.75, 3.05) is 18.5 Å². The van der Waals surface area contributed by atoms with Crippen LogP contribution in [0.1, 0.15) is 12.0 Å². The lowest BCUT2D eigenvalue weighted by Gasteiger charge is -2.08. The summed E-state index contributed by atoms with van der Waals surface area (Å²) in [6, 6.07) is 7.50. The Labute approximate surface area is 131 Å². The van der Waals surface area contributed by atoms with Crippen molar-refractivity contribution in [1.29, 1.82) is 5.26 Å². The van der Waals surface area contributed by atoms with E-state index in [-0.39, 0.29) is 12.2 Å². The molecule has 106 valence electrons. The molecule has 3 N–H and O–H groups in total. The van der Waals surface area contributed by atoms with Crippen LogP contribution in [0.25, 0.3) is 0 Å². The standard InChI is InChI=1S/C14H16IN3O2/c1-10-7-12(15)3-4-13(10)18-14(20)11(8-16)9-17-5-2-6-19/h3-4,7,9,17,19H,2,5-6H2,1H3,(H,18,20)/b11-9-. The molecule has 1 rings (SSSR count). The van der Waals surface area contributed by atoms with Crippen LogP contribution in [0.15, 0.2) is 30.0 Å². The van der Waals surface area contributed by atoms with E-state index in [1.807, 2.05) is 31.2 Å². The summed E-state index contributed by atoms with van der Waals surface area (Å²) in [5, 5.41) is 23.1. The van der Waals surface area contributed by atoms with Gasteiger partial charge in [-0.25, -0.2) is 0 Å². The number of nitriles is 1. The van der Waals surface area contributed by atoms with Crippen LogP contribution >= 0.6 is 22.6 Å². The molecule has 0 unspecified atom stereocenters. The number of nitrogens with one attached hydrogen (secondary N) is 2. The zero-order chi connectivity index (χ0) is 15.0. The predicted molar refractivity (Wildman–Crippen MR) is 85.9 cm³/mol. The van der Waals surface area contributed by atoms with Crippen molar-refractivity contribution in [2.24, 2.45) is 0 Å². The first-order valence-electron chi connectivity index (χ1n) is 6.10. The van der Waals surface area contributed by atoms with E-state index in [1.54, 1.807) is 0 Å². The number of benzene rings is 1. The fourth-order valence-corrected chi connectivity index (χ4v) is 2.11. The maximum Gasteiger partial charge on any atom is 0.267 e. The van der Waals surface area contributed by atoms with Crippen molar-refractivity contribution >= 4 is 34.2 Å². The molecule has 0 fully saturated rings. The molecule has 20 heavy (non-hydrogen) atoms. The van der Waals surface area contributed by atoms with Gasteiger partial charge < -0.3 is 15.7 Å². The third-order valence-electron chi connectivity index (χ3n) is 2.53. The van der Waals surface area contributed by atoms with Gasteiger partial charge in [0.25, 0.3) is 5.91 Å². The number of carbonyl (C=O) groups is 1. The summed E-state index contributed by atoms with van der Waals surface area (Å²) < 4.78 is 1.08. The van der Waals surface area contributed by atoms with Crippen molar-refractivity contribution in [3.63, 3.8) is 0 Å². The molecule has 0 heterocycles. The highest BCUT2D eigenvalue weighted by atomic mass is 127. The average molecular weight is 385 g/mol. The Morgan fingerprint density at radius 3 is 2.90 bits per heavy atom. The monoisotopic (exact) mass is 385 g/mol. The molecule has 0 spiro atoms. The van der Waals surface area contributed by atoms with Crippen molar-refractivity contribution in [2.45, 2.75) is 13.3 Å². The van der Waals surface area contributed by atoms with E-state index in [4.69, 9.17) is 10.4 Å². The number of anilines is 1. The number of amides is 1. The molecule has 0 saturated heterocycles. The van der Waals surface area contributed by atoms with Crippen LogP contribution in [0, 0.1) is 21.8 Å². The van der Waals surface area contributed by atoms with E-state index in [0.29, 0.717) is 18.7 Å². The highest BCUT2D eigenvalue weighted by Crippen LogP contribution is 2.18. The van der Waals surface area contributed by atoms with Crippen molar-refractivity contribution in [1.82, 2.24) is 5.32 Å². The fraction of sp³-hybridized carbons (Fsp3) is 0.286. The van der Waals surface area contributed by atoms with Crippen molar-refractivity contribution in [3.8, 4) is 6.07 Å². The summed E-state index contributed by atoms with van der Waals surface area (Å²) >= 11 is 2.20. The second-order valence-corrected chi connectivity index (χ2v) is 5.36. The van der Waals surface area contributed by atoms with Crippen LogP contribution < -0.4 is 10.6 Å². The van der Waals surface area contributed by atoms with Gasteiger partial charge in [-0.2, -0.15) is 5.26 Å². The first kappa shape index (κ1) is 16.5. The van der Waals surface area contributed by atoms with E-state index >= 15 is 0 Å². The maximum atomic E-state index is 12.0. The summed E-state index contributed by atoms with van der Waals surface area (Å²) in [5.41, 5.74) is 1.63. The molecule has 0 atom stereocenters. The van der Waals surface area contributed by atoms with Gasteiger partial charge in [0.15, 0.2) is 0 Å². The van der Waals surface area contributed by atoms with E-state index in [1.165, 1.54) is 6.20 Å². The Balaban J connectivity index is 2.70. The number of aliphatic hydroxyl groups excluding tert-OH is 1. The largest absolute Gasteiger partial charge is 0.396 e. The minimum atomic E-state index is -0.451. The Bertz CT molecular complexity index is 550. The van der Waals surface area contributed by atoms with Gasteiger partial charge in [-0.3, -0.25) is 4.79 Å². The van der Waals surface area contributed by atoms with Crippen LogP contribution in [-0.2, 0) is 4.79 Å². The lowest BCUT2D eigenvalue weighted by atomic mass is 10.2. The Morgan fingerprint density at radius 2 is 2.30 bits per heavy atom. The summed E-state index contributed by atoms with van der Waals surface area (Å²) in [7, 11) is 0. The Morgan fingerprint density at radius 1 is 1.55 bits per heavy atom. The summed E-state index contributed by atoms with van der Waals surface area (Å²) in [5.74, 6) is -0.451. The molecule has 0 aliphatic carbocycles. The molecule has 1 amide bonds. The topological polar surface area (TPSA) is 85.2 Å². The van der Waals surface area contributed by atoms with E-state index in [2.05, 4.69) is 33.2 Å². The zero-order valence-corrected chi connectivity index (χ0v) is 13.3. The molecule has 0 bridgehead atoms. The van der Waals surface area contributed by atoms with Gasteiger partial charge in [-0.1, -0.05) is 0 Å². The first-order valence-corrected chi connectivity index (χ1v) is 7.18. The molecular weight excluding hydrogens is 369 g/mol. The smallest absolute Gasteiger partial charge is 0.267 e. The first-order chi connectivity index (χ1) is 9.58. The molecule has 1 aromatic rings. The number of aliphatic hydroxyl groups is 1. The molecule has 0 aliphatic rings. The van der Waals surface area contributed by atoms with Crippen LogP contribution in [0.4, 0.5) is 5.69 Å². The minimum Gasteiger partial charge on any atom is -0.396 e. The average Bonchev–Trinajstić information content (AvgIpc) is 2.42. The van der Waals surface area contributed by atoms with E-state index in [9.17, 15) is 4.79 Å². The van der Waals surface area contributed by atoms with Crippen molar-refractivity contribution < 1.29 is 9.90 Å². The second kappa shape index (κ2) is 8.55. The highest BCUT2D eigenvalue weighted by Gasteiger charge is 2.10. The molecule has 0 radical (unpaired) electrons. The molecule has 1 aromatic carbocycles. The lowest BCUT2D eigenvalue weighted by molar-refractivity contribution is -0.112. The van der Waals surface area contributed by atoms with Gasteiger partial charge in [0.05, 0.1) is 0 Å².